The SMILES string of the molecule is COc1ccc([C@H]2CC[C@H](CN(c3cc(-c4coc(C5CC5)n4)ccn3)C(=O)[C@H]3CC[C@H](OC(=O)N4CC(C)C4)CC3)CC2)nc1C. The first kappa shape index (κ1) is 31.6. The van der Waals surface area contributed by atoms with E-state index in [0.29, 0.717) is 61.7 Å². The third kappa shape index (κ3) is 7.16. The molecular weight excluding hydrogens is 594 g/mol. The molecular formula is C37H47N5O5. The number of likely N-dealkylation sites (tertiary alicyclic amines) is 1. The number of anilines is 1. The summed E-state index contributed by atoms with van der Waals surface area (Å²) >= 11 is 0. The summed E-state index contributed by atoms with van der Waals surface area (Å²) in [7, 11) is 1.68. The van der Waals surface area contributed by atoms with Crippen molar-refractivity contribution >= 4 is 17.8 Å². The molecule has 4 heterocycles. The Morgan fingerprint density at radius 1 is 0.957 bits per heavy atom. The van der Waals surface area contributed by atoms with E-state index in [2.05, 4.69) is 13.0 Å². The molecule has 0 bridgehead atoms. The molecule has 3 saturated carbocycles. The Kier molecular flexibility index (Phi) is 9.19. The van der Waals surface area contributed by atoms with Crippen molar-refractivity contribution in [2.75, 3.05) is 31.6 Å². The molecule has 47 heavy (non-hydrogen) atoms. The molecule has 0 radical (unpaired) electrons. The van der Waals surface area contributed by atoms with Gasteiger partial charge in [-0.3, -0.25) is 14.7 Å². The van der Waals surface area contributed by atoms with Gasteiger partial charge in [0.25, 0.3) is 0 Å². The van der Waals surface area contributed by atoms with Gasteiger partial charge in [-0.05, 0) is 107 Å². The van der Waals surface area contributed by atoms with Crippen molar-refractivity contribution in [1.29, 1.82) is 0 Å². The standard InChI is InChI=1S/C37H47N5O5/c1-23-19-41(20-23)37(44)47-30-12-10-28(11-13-30)36(43)42(34-18-29(16-17-38-34)32-22-46-35(40-32)27-8-9-27)21-25-4-6-26(7-5-25)31-14-15-33(45-3)24(2)39-31/h14-18,22-23,25-28,30H,4-13,19-21H2,1-3H3/t25-,26-,28-,30-. The van der Waals surface area contributed by atoms with Crippen molar-refractivity contribution in [3.63, 3.8) is 0 Å². The molecule has 1 aliphatic heterocycles. The largest absolute Gasteiger partial charge is 0.495 e. The van der Waals surface area contributed by atoms with E-state index in [-0.39, 0.29) is 24.0 Å². The number of hydrogen-bond donors (Lipinski definition) is 0. The van der Waals surface area contributed by atoms with Gasteiger partial charge in [-0.1, -0.05) is 6.92 Å². The topological polar surface area (TPSA) is 111 Å². The van der Waals surface area contributed by atoms with Crippen molar-refractivity contribution in [1.82, 2.24) is 19.9 Å². The second-order valence-electron chi connectivity index (χ2n) is 14.3. The van der Waals surface area contributed by atoms with Crippen LogP contribution in [0.3, 0.4) is 0 Å². The molecule has 3 aromatic rings. The maximum atomic E-state index is 14.3. The van der Waals surface area contributed by atoms with Crippen LogP contribution in [-0.4, -0.2) is 64.7 Å². The van der Waals surface area contributed by atoms with Crippen LogP contribution in [0.4, 0.5) is 10.6 Å². The van der Waals surface area contributed by atoms with Crippen molar-refractivity contribution in [3.05, 3.63) is 54.0 Å². The van der Waals surface area contributed by atoms with E-state index in [1.165, 1.54) is 0 Å². The van der Waals surface area contributed by atoms with Crippen LogP contribution in [0.15, 0.2) is 41.1 Å². The van der Waals surface area contributed by atoms with Gasteiger partial charge in [0.05, 0.1) is 12.8 Å². The number of methoxy groups -OCH3 is 1. The first-order valence-corrected chi connectivity index (χ1v) is 17.5. The highest BCUT2D eigenvalue weighted by Gasteiger charge is 2.36. The lowest BCUT2D eigenvalue weighted by Crippen LogP contribution is -2.50. The summed E-state index contributed by atoms with van der Waals surface area (Å²) in [5.74, 6) is 4.01. The number of aryl methyl sites for hydroxylation is 1. The number of pyridine rings is 2. The highest BCUT2D eigenvalue weighted by atomic mass is 16.6. The highest BCUT2D eigenvalue weighted by molar-refractivity contribution is 5.94. The Morgan fingerprint density at radius 2 is 1.70 bits per heavy atom. The Bertz CT molecular complexity index is 1560. The maximum absolute atomic E-state index is 14.3. The summed E-state index contributed by atoms with van der Waals surface area (Å²) < 4.78 is 17.0. The molecule has 0 unspecified atom stereocenters. The molecule has 4 aliphatic rings. The third-order valence-electron chi connectivity index (χ3n) is 10.6. The fraction of sp³-hybridized carbons (Fsp3) is 0.595. The predicted molar refractivity (Wildman–Crippen MR) is 177 cm³/mol. The van der Waals surface area contributed by atoms with Crippen LogP contribution < -0.4 is 9.64 Å². The molecule has 0 spiro atoms. The second-order valence-corrected chi connectivity index (χ2v) is 14.3. The lowest BCUT2D eigenvalue weighted by molar-refractivity contribution is -0.124. The van der Waals surface area contributed by atoms with Crippen molar-refractivity contribution in [2.45, 2.75) is 96.0 Å². The summed E-state index contributed by atoms with van der Waals surface area (Å²) in [5.41, 5.74) is 3.74. The number of ether oxygens (including phenoxy) is 2. The van der Waals surface area contributed by atoms with E-state index in [0.717, 1.165) is 85.9 Å². The average Bonchev–Trinajstić information content (AvgIpc) is 3.81. The molecule has 2 amide bonds. The summed E-state index contributed by atoms with van der Waals surface area (Å²) in [6, 6.07) is 8.04. The third-order valence-corrected chi connectivity index (χ3v) is 10.6. The molecule has 1 saturated heterocycles. The van der Waals surface area contributed by atoms with Gasteiger partial charge in [0.2, 0.25) is 5.91 Å². The van der Waals surface area contributed by atoms with Gasteiger partial charge < -0.3 is 18.8 Å². The summed E-state index contributed by atoms with van der Waals surface area (Å²) in [6.45, 7) is 6.29. The van der Waals surface area contributed by atoms with Crippen molar-refractivity contribution in [3.8, 4) is 17.0 Å². The zero-order chi connectivity index (χ0) is 32.5. The number of rotatable bonds is 9. The van der Waals surface area contributed by atoms with Crippen molar-refractivity contribution in [2.24, 2.45) is 17.8 Å². The molecule has 3 aliphatic carbocycles. The van der Waals surface area contributed by atoms with Crippen LogP contribution in [0.2, 0.25) is 0 Å². The first-order valence-electron chi connectivity index (χ1n) is 17.5. The maximum Gasteiger partial charge on any atom is 0.410 e. The van der Waals surface area contributed by atoms with E-state index in [4.69, 9.17) is 28.8 Å². The monoisotopic (exact) mass is 641 g/mol. The zero-order valence-corrected chi connectivity index (χ0v) is 27.9. The van der Waals surface area contributed by atoms with E-state index in [9.17, 15) is 9.59 Å². The Morgan fingerprint density at radius 3 is 2.38 bits per heavy atom. The minimum absolute atomic E-state index is 0.115. The molecule has 4 fully saturated rings. The highest BCUT2D eigenvalue weighted by Crippen LogP contribution is 2.41. The molecule has 3 aromatic heterocycles. The van der Waals surface area contributed by atoms with E-state index in [1.54, 1.807) is 24.5 Å². The predicted octanol–water partition coefficient (Wildman–Crippen LogP) is 7.28. The smallest absolute Gasteiger partial charge is 0.410 e. The minimum Gasteiger partial charge on any atom is -0.495 e. The van der Waals surface area contributed by atoms with Crippen LogP contribution in [0.25, 0.3) is 11.3 Å². The molecule has 10 nitrogen and oxygen atoms in total. The molecule has 7 rings (SSSR count). The normalized spacial score (nSPS) is 24.8. The number of nitrogens with zero attached hydrogens (tertiary/aromatic N) is 5. The van der Waals surface area contributed by atoms with Crippen LogP contribution in [0.5, 0.6) is 5.75 Å². The molecule has 0 atom stereocenters. The number of oxazole rings is 1. The molecule has 250 valence electrons. The summed E-state index contributed by atoms with van der Waals surface area (Å²) in [6.07, 6.45) is 12.3. The lowest BCUT2D eigenvalue weighted by Gasteiger charge is -2.38. The summed E-state index contributed by atoms with van der Waals surface area (Å²) in [4.78, 5) is 44.9. The average molecular weight is 642 g/mol. The number of carbonyl (C=O) groups is 2. The minimum atomic E-state index is -0.214. The Balaban J connectivity index is 1.04. The Hall–Kier alpha value is -3.95. The van der Waals surface area contributed by atoms with Crippen LogP contribution in [0.1, 0.15) is 100 Å². The van der Waals surface area contributed by atoms with Crippen LogP contribution in [-0.2, 0) is 9.53 Å². The number of aromatic nitrogens is 3. The lowest BCUT2D eigenvalue weighted by atomic mass is 9.79. The quantitative estimate of drug-likeness (QED) is 0.240. The fourth-order valence-corrected chi connectivity index (χ4v) is 7.58. The second kappa shape index (κ2) is 13.6. The summed E-state index contributed by atoms with van der Waals surface area (Å²) in [5, 5.41) is 0. The number of carbonyl (C=O) groups excluding carboxylic acids is 2. The molecule has 0 N–H and O–H groups in total. The van der Waals surface area contributed by atoms with E-state index < -0.39 is 0 Å². The number of amides is 2. The van der Waals surface area contributed by atoms with Gasteiger partial charge in [0, 0.05) is 54.8 Å². The Labute approximate surface area is 277 Å². The van der Waals surface area contributed by atoms with Gasteiger partial charge >= 0.3 is 6.09 Å². The van der Waals surface area contributed by atoms with Crippen molar-refractivity contribution < 1.29 is 23.5 Å². The van der Waals surface area contributed by atoms with E-state index >= 15 is 0 Å². The first-order chi connectivity index (χ1) is 22.8. The van der Waals surface area contributed by atoms with Crippen LogP contribution >= 0.6 is 0 Å². The van der Waals surface area contributed by atoms with Gasteiger partial charge in [-0.15, -0.1) is 0 Å². The molecule has 10 heteroatoms. The van der Waals surface area contributed by atoms with Crippen LogP contribution in [0, 0.1) is 24.7 Å². The van der Waals surface area contributed by atoms with Gasteiger partial charge in [-0.25, -0.2) is 14.8 Å². The van der Waals surface area contributed by atoms with Gasteiger partial charge in [-0.2, -0.15) is 0 Å². The van der Waals surface area contributed by atoms with Gasteiger partial charge in [0.15, 0.2) is 5.89 Å². The van der Waals surface area contributed by atoms with Gasteiger partial charge in [0.1, 0.15) is 29.6 Å². The molecule has 0 aromatic carbocycles. The van der Waals surface area contributed by atoms with E-state index in [1.807, 2.05) is 30.0 Å². The number of hydrogen-bond acceptors (Lipinski definition) is 8. The zero-order valence-electron chi connectivity index (χ0n) is 27.9. The fourth-order valence-electron chi connectivity index (χ4n) is 7.58.